The number of rotatable bonds is 5. The summed E-state index contributed by atoms with van der Waals surface area (Å²) in [5.74, 6) is -0.677. The molecular weight excluding hydrogens is 348 g/mol. The molecule has 1 atom stereocenters. The highest BCUT2D eigenvalue weighted by atomic mass is 79.9. The lowest BCUT2D eigenvalue weighted by molar-refractivity contribution is -0.141. The van der Waals surface area contributed by atoms with Crippen LogP contribution in [0.25, 0.3) is 0 Å². The predicted octanol–water partition coefficient (Wildman–Crippen LogP) is 2.88. The second-order valence-electron chi connectivity index (χ2n) is 4.60. The van der Waals surface area contributed by atoms with Gasteiger partial charge < -0.3 is 10.1 Å². The molecule has 0 fully saturated rings. The number of nitrogens with zero attached hydrogens (tertiary/aromatic N) is 1. The molecule has 0 aliphatic rings. The van der Waals surface area contributed by atoms with Gasteiger partial charge in [0.05, 0.1) is 25.1 Å². The molecule has 0 radical (unpaired) electrons. The van der Waals surface area contributed by atoms with Gasteiger partial charge in [0.1, 0.15) is 0 Å². The van der Waals surface area contributed by atoms with Crippen molar-refractivity contribution in [2.45, 2.75) is 12.5 Å². The van der Waals surface area contributed by atoms with Crippen molar-refractivity contribution < 1.29 is 14.3 Å². The van der Waals surface area contributed by atoms with Crippen LogP contribution in [0.5, 0.6) is 0 Å². The van der Waals surface area contributed by atoms with Gasteiger partial charge in [-0.2, -0.15) is 0 Å². The molecule has 2 aromatic rings. The number of esters is 1. The minimum absolute atomic E-state index is 0.0597. The highest BCUT2D eigenvalue weighted by molar-refractivity contribution is 9.10. The molecule has 0 spiro atoms. The van der Waals surface area contributed by atoms with Crippen molar-refractivity contribution >= 4 is 27.8 Å². The molecular formula is C16H15BrN2O3. The van der Waals surface area contributed by atoms with Crippen molar-refractivity contribution in [1.82, 2.24) is 10.3 Å². The first-order chi connectivity index (χ1) is 10.6. The highest BCUT2D eigenvalue weighted by Crippen LogP contribution is 2.20. The van der Waals surface area contributed by atoms with E-state index in [4.69, 9.17) is 4.74 Å². The first-order valence-corrected chi connectivity index (χ1v) is 7.42. The molecule has 5 nitrogen and oxygen atoms in total. The standard InChI is InChI=1S/C16H15BrN2O3/c1-22-15(20)9-14(11-4-6-13(17)7-5-11)19-16(21)12-3-2-8-18-10-12/h2-8,10,14H,9H2,1H3,(H,19,21). The Kier molecular flexibility index (Phi) is 5.66. The van der Waals surface area contributed by atoms with E-state index in [1.165, 1.54) is 13.3 Å². The zero-order valence-electron chi connectivity index (χ0n) is 12.0. The lowest BCUT2D eigenvalue weighted by Crippen LogP contribution is -2.30. The Morgan fingerprint density at radius 1 is 1.27 bits per heavy atom. The third-order valence-corrected chi connectivity index (χ3v) is 3.63. The van der Waals surface area contributed by atoms with E-state index in [9.17, 15) is 9.59 Å². The summed E-state index contributed by atoms with van der Waals surface area (Å²) in [5, 5.41) is 2.84. The number of benzene rings is 1. The molecule has 114 valence electrons. The van der Waals surface area contributed by atoms with Crippen LogP contribution in [0, 0.1) is 0 Å². The number of pyridine rings is 1. The number of carbonyl (C=O) groups is 2. The maximum Gasteiger partial charge on any atom is 0.307 e. The smallest absolute Gasteiger partial charge is 0.307 e. The first-order valence-electron chi connectivity index (χ1n) is 6.63. The molecule has 6 heteroatoms. The summed E-state index contributed by atoms with van der Waals surface area (Å²) in [6.45, 7) is 0. The van der Waals surface area contributed by atoms with Crippen molar-refractivity contribution in [3.05, 3.63) is 64.4 Å². The number of aromatic nitrogens is 1. The molecule has 2 rings (SSSR count). The van der Waals surface area contributed by atoms with E-state index < -0.39 is 6.04 Å². The Labute approximate surface area is 136 Å². The fourth-order valence-corrected chi connectivity index (χ4v) is 2.20. The Morgan fingerprint density at radius 3 is 2.59 bits per heavy atom. The van der Waals surface area contributed by atoms with Crippen molar-refractivity contribution in [1.29, 1.82) is 0 Å². The lowest BCUT2D eigenvalue weighted by atomic mass is 10.0. The van der Waals surface area contributed by atoms with E-state index in [0.717, 1.165) is 10.0 Å². The highest BCUT2D eigenvalue weighted by Gasteiger charge is 2.19. The fraction of sp³-hybridized carbons (Fsp3) is 0.188. The normalized spacial score (nSPS) is 11.5. The topological polar surface area (TPSA) is 68.3 Å². The molecule has 22 heavy (non-hydrogen) atoms. The quantitative estimate of drug-likeness (QED) is 0.830. The van der Waals surface area contributed by atoms with Gasteiger partial charge in [0, 0.05) is 16.9 Å². The maximum absolute atomic E-state index is 12.3. The van der Waals surface area contributed by atoms with E-state index in [2.05, 4.69) is 26.2 Å². The van der Waals surface area contributed by atoms with E-state index in [0.29, 0.717) is 5.56 Å². The maximum atomic E-state index is 12.3. The summed E-state index contributed by atoms with van der Waals surface area (Å²) in [4.78, 5) is 27.8. The van der Waals surface area contributed by atoms with Crippen LogP contribution >= 0.6 is 15.9 Å². The van der Waals surface area contributed by atoms with Gasteiger partial charge in [-0.3, -0.25) is 14.6 Å². The summed E-state index contributed by atoms with van der Waals surface area (Å²) < 4.78 is 5.62. The monoisotopic (exact) mass is 362 g/mol. The summed E-state index contributed by atoms with van der Waals surface area (Å²) in [5.41, 5.74) is 1.26. The Balaban J connectivity index is 2.19. The molecule has 1 unspecified atom stereocenters. The van der Waals surface area contributed by atoms with Gasteiger partial charge in [-0.05, 0) is 29.8 Å². The second kappa shape index (κ2) is 7.70. The van der Waals surface area contributed by atoms with Gasteiger partial charge >= 0.3 is 5.97 Å². The van der Waals surface area contributed by atoms with Crippen LogP contribution < -0.4 is 5.32 Å². The molecule has 1 aromatic carbocycles. The van der Waals surface area contributed by atoms with E-state index >= 15 is 0 Å². The van der Waals surface area contributed by atoms with E-state index in [1.54, 1.807) is 18.3 Å². The molecule has 0 saturated carbocycles. The Bertz CT molecular complexity index is 644. The number of amides is 1. The molecule has 0 bridgehead atoms. The van der Waals surface area contributed by atoms with Crippen LogP contribution in [0.4, 0.5) is 0 Å². The van der Waals surface area contributed by atoms with Crippen LogP contribution in [-0.2, 0) is 9.53 Å². The average molecular weight is 363 g/mol. The van der Waals surface area contributed by atoms with Crippen molar-refractivity contribution in [3.8, 4) is 0 Å². The third kappa shape index (κ3) is 4.39. The minimum atomic E-state index is -0.465. The van der Waals surface area contributed by atoms with Gasteiger partial charge in [-0.1, -0.05) is 28.1 Å². The largest absolute Gasteiger partial charge is 0.469 e. The van der Waals surface area contributed by atoms with Crippen LogP contribution in [0.1, 0.15) is 28.4 Å². The number of nitrogens with one attached hydrogen (secondary N) is 1. The average Bonchev–Trinajstić information content (AvgIpc) is 2.55. The summed E-state index contributed by atoms with van der Waals surface area (Å²) in [6, 6.07) is 10.3. The molecule has 1 amide bonds. The molecule has 1 heterocycles. The zero-order chi connectivity index (χ0) is 15.9. The van der Waals surface area contributed by atoms with Crippen LogP contribution in [-0.4, -0.2) is 24.0 Å². The van der Waals surface area contributed by atoms with E-state index in [1.807, 2.05) is 24.3 Å². The summed E-state index contributed by atoms with van der Waals surface area (Å²) >= 11 is 3.36. The summed E-state index contributed by atoms with van der Waals surface area (Å²) in [6.07, 6.45) is 3.13. The molecule has 0 aliphatic heterocycles. The van der Waals surface area contributed by atoms with Crippen LogP contribution in [0.2, 0.25) is 0 Å². The number of methoxy groups -OCH3 is 1. The lowest BCUT2D eigenvalue weighted by Gasteiger charge is -2.18. The summed E-state index contributed by atoms with van der Waals surface area (Å²) in [7, 11) is 1.32. The van der Waals surface area contributed by atoms with Crippen molar-refractivity contribution in [2.75, 3.05) is 7.11 Å². The number of halogens is 1. The van der Waals surface area contributed by atoms with Gasteiger partial charge in [-0.25, -0.2) is 0 Å². The number of ether oxygens (including phenoxy) is 1. The fourth-order valence-electron chi connectivity index (χ4n) is 1.94. The van der Waals surface area contributed by atoms with Crippen molar-refractivity contribution in [3.63, 3.8) is 0 Å². The molecule has 1 aromatic heterocycles. The zero-order valence-corrected chi connectivity index (χ0v) is 13.5. The number of carbonyl (C=O) groups excluding carboxylic acids is 2. The van der Waals surface area contributed by atoms with Crippen LogP contribution in [0.15, 0.2) is 53.3 Å². The van der Waals surface area contributed by atoms with Crippen LogP contribution in [0.3, 0.4) is 0 Å². The van der Waals surface area contributed by atoms with Gasteiger partial charge in [0.15, 0.2) is 0 Å². The van der Waals surface area contributed by atoms with Gasteiger partial charge in [-0.15, -0.1) is 0 Å². The molecule has 0 aliphatic carbocycles. The Morgan fingerprint density at radius 2 is 2.00 bits per heavy atom. The number of hydrogen-bond donors (Lipinski definition) is 1. The third-order valence-electron chi connectivity index (χ3n) is 3.10. The SMILES string of the molecule is COC(=O)CC(NC(=O)c1cccnc1)c1ccc(Br)cc1. The van der Waals surface area contributed by atoms with E-state index in [-0.39, 0.29) is 18.3 Å². The first kappa shape index (κ1) is 16.2. The van der Waals surface area contributed by atoms with Crippen molar-refractivity contribution in [2.24, 2.45) is 0 Å². The molecule has 0 saturated heterocycles. The Hall–Kier alpha value is -2.21. The second-order valence-corrected chi connectivity index (χ2v) is 5.52. The van der Waals surface area contributed by atoms with Gasteiger partial charge in [0.2, 0.25) is 0 Å². The van der Waals surface area contributed by atoms with Gasteiger partial charge in [0.25, 0.3) is 5.91 Å². The predicted molar refractivity (Wildman–Crippen MR) is 85.2 cm³/mol. The molecule has 1 N–H and O–H groups in total. The number of hydrogen-bond acceptors (Lipinski definition) is 4. The minimum Gasteiger partial charge on any atom is -0.469 e.